The van der Waals surface area contributed by atoms with E-state index in [0.29, 0.717) is 38.4 Å². The standard InChI is InChI=1S/C21H28N4O3/c1-15(18-7-5-4-6-8-18)14-22-20(26)17(3)24-9-11-25(12-10-24)21(27)19-13-16(2)23-28-19/h4-8,13,15,17H,9-12,14H2,1-3H3,(H,22,26). The van der Waals surface area contributed by atoms with Gasteiger partial charge in [-0.25, -0.2) is 0 Å². The molecule has 0 aliphatic carbocycles. The third kappa shape index (κ3) is 4.78. The maximum atomic E-state index is 12.6. The summed E-state index contributed by atoms with van der Waals surface area (Å²) in [6.45, 7) is 8.86. The van der Waals surface area contributed by atoms with Gasteiger partial charge in [-0.3, -0.25) is 14.5 Å². The van der Waals surface area contributed by atoms with Gasteiger partial charge in [0, 0.05) is 38.8 Å². The van der Waals surface area contributed by atoms with E-state index in [1.807, 2.05) is 25.1 Å². The normalized spacial score (nSPS) is 17.2. The highest BCUT2D eigenvalue weighted by molar-refractivity contribution is 5.91. The molecule has 2 unspecified atom stereocenters. The van der Waals surface area contributed by atoms with Gasteiger partial charge in [0.15, 0.2) is 0 Å². The Morgan fingerprint density at radius 2 is 1.82 bits per heavy atom. The number of piperazine rings is 1. The Bertz CT molecular complexity index is 797. The van der Waals surface area contributed by atoms with Crippen molar-refractivity contribution in [3.05, 3.63) is 53.4 Å². The molecule has 2 amide bonds. The largest absolute Gasteiger partial charge is 0.354 e. The summed E-state index contributed by atoms with van der Waals surface area (Å²) >= 11 is 0. The molecule has 1 aliphatic rings. The lowest BCUT2D eigenvalue weighted by Gasteiger charge is -2.37. The first-order valence-electron chi connectivity index (χ1n) is 9.75. The van der Waals surface area contributed by atoms with Crippen LogP contribution in [0.4, 0.5) is 0 Å². The topological polar surface area (TPSA) is 78.7 Å². The van der Waals surface area contributed by atoms with Gasteiger partial charge in [0.25, 0.3) is 5.91 Å². The molecule has 2 atom stereocenters. The SMILES string of the molecule is Cc1cc(C(=O)N2CCN(C(C)C(=O)NCC(C)c3ccccc3)CC2)on1. The highest BCUT2D eigenvalue weighted by atomic mass is 16.5. The fourth-order valence-corrected chi connectivity index (χ4v) is 3.40. The van der Waals surface area contributed by atoms with Crippen LogP contribution in [0.5, 0.6) is 0 Å². The predicted octanol–water partition coefficient (Wildman–Crippen LogP) is 2.05. The van der Waals surface area contributed by atoms with E-state index in [0.717, 1.165) is 0 Å². The fourth-order valence-electron chi connectivity index (χ4n) is 3.40. The van der Waals surface area contributed by atoms with Crippen molar-refractivity contribution in [2.75, 3.05) is 32.7 Å². The summed E-state index contributed by atoms with van der Waals surface area (Å²) in [7, 11) is 0. The van der Waals surface area contributed by atoms with Gasteiger partial charge in [0.1, 0.15) is 0 Å². The number of aryl methyl sites for hydroxylation is 1. The molecule has 0 saturated carbocycles. The smallest absolute Gasteiger partial charge is 0.292 e. The number of hydrogen-bond donors (Lipinski definition) is 1. The van der Waals surface area contributed by atoms with Crippen LogP contribution in [0.1, 0.15) is 41.6 Å². The van der Waals surface area contributed by atoms with Crippen LogP contribution in [-0.2, 0) is 4.79 Å². The van der Waals surface area contributed by atoms with Gasteiger partial charge in [0.2, 0.25) is 11.7 Å². The Morgan fingerprint density at radius 1 is 1.14 bits per heavy atom. The molecular formula is C21H28N4O3. The molecule has 0 spiro atoms. The summed E-state index contributed by atoms with van der Waals surface area (Å²) in [5.74, 6) is 0.409. The van der Waals surface area contributed by atoms with Gasteiger partial charge < -0.3 is 14.7 Å². The zero-order valence-electron chi connectivity index (χ0n) is 16.7. The molecule has 0 radical (unpaired) electrons. The van der Waals surface area contributed by atoms with Crippen LogP contribution in [0.3, 0.4) is 0 Å². The van der Waals surface area contributed by atoms with Crippen LogP contribution in [-0.4, -0.2) is 65.5 Å². The molecule has 2 aromatic rings. The second-order valence-electron chi connectivity index (χ2n) is 7.39. The van der Waals surface area contributed by atoms with E-state index in [2.05, 4.69) is 34.4 Å². The van der Waals surface area contributed by atoms with E-state index in [9.17, 15) is 9.59 Å². The number of nitrogens with one attached hydrogen (secondary N) is 1. The molecule has 1 aliphatic heterocycles. The molecular weight excluding hydrogens is 356 g/mol. The number of nitrogens with zero attached hydrogens (tertiary/aromatic N) is 3. The lowest BCUT2D eigenvalue weighted by Crippen LogP contribution is -2.55. The summed E-state index contributed by atoms with van der Waals surface area (Å²) in [5.41, 5.74) is 1.90. The molecule has 7 nitrogen and oxygen atoms in total. The number of amides is 2. The predicted molar refractivity (Wildman–Crippen MR) is 106 cm³/mol. The van der Waals surface area contributed by atoms with E-state index in [-0.39, 0.29) is 29.5 Å². The van der Waals surface area contributed by atoms with Crippen LogP contribution in [0.15, 0.2) is 40.9 Å². The lowest BCUT2D eigenvalue weighted by atomic mass is 10.0. The molecule has 28 heavy (non-hydrogen) atoms. The van der Waals surface area contributed by atoms with Gasteiger partial charge in [-0.1, -0.05) is 42.4 Å². The fraction of sp³-hybridized carbons (Fsp3) is 0.476. The number of benzene rings is 1. The third-order valence-corrected chi connectivity index (χ3v) is 5.32. The minimum absolute atomic E-state index is 0.0217. The minimum atomic E-state index is -0.229. The van der Waals surface area contributed by atoms with Crippen molar-refractivity contribution < 1.29 is 14.1 Å². The molecule has 7 heteroatoms. The number of rotatable bonds is 6. The maximum absolute atomic E-state index is 12.6. The maximum Gasteiger partial charge on any atom is 0.292 e. The van der Waals surface area contributed by atoms with E-state index in [4.69, 9.17) is 4.52 Å². The molecule has 2 heterocycles. The molecule has 3 rings (SSSR count). The Morgan fingerprint density at radius 3 is 2.43 bits per heavy atom. The van der Waals surface area contributed by atoms with Gasteiger partial charge in [-0.15, -0.1) is 0 Å². The summed E-state index contributed by atoms with van der Waals surface area (Å²) in [6.07, 6.45) is 0. The summed E-state index contributed by atoms with van der Waals surface area (Å²) in [6, 6.07) is 11.6. The van der Waals surface area contributed by atoms with E-state index in [1.54, 1.807) is 17.9 Å². The highest BCUT2D eigenvalue weighted by Crippen LogP contribution is 2.14. The van der Waals surface area contributed by atoms with Gasteiger partial charge in [0.05, 0.1) is 11.7 Å². The van der Waals surface area contributed by atoms with E-state index in [1.165, 1.54) is 5.56 Å². The average Bonchev–Trinajstić information content (AvgIpc) is 3.17. The van der Waals surface area contributed by atoms with Crippen molar-refractivity contribution in [1.82, 2.24) is 20.3 Å². The van der Waals surface area contributed by atoms with Crippen molar-refractivity contribution in [1.29, 1.82) is 0 Å². The van der Waals surface area contributed by atoms with Gasteiger partial charge >= 0.3 is 0 Å². The Balaban J connectivity index is 1.45. The first kappa shape index (κ1) is 20.1. The molecule has 1 fully saturated rings. The summed E-state index contributed by atoms with van der Waals surface area (Å²) in [5, 5.41) is 6.83. The molecule has 150 valence electrons. The van der Waals surface area contributed by atoms with Crippen LogP contribution >= 0.6 is 0 Å². The highest BCUT2D eigenvalue weighted by Gasteiger charge is 2.29. The molecule has 0 bridgehead atoms. The number of carbonyl (C=O) groups is 2. The Hall–Kier alpha value is -2.67. The summed E-state index contributed by atoms with van der Waals surface area (Å²) in [4.78, 5) is 28.8. The van der Waals surface area contributed by atoms with Crippen molar-refractivity contribution in [2.45, 2.75) is 32.7 Å². The van der Waals surface area contributed by atoms with Crippen LogP contribution < -0.4 is 5.32 Å². The van der Waals surface area contributed by atoms with E-state index < -0.39 is 0 Å². The van der Waals surface area contributed by atoms with Crippen molar-refractivity contribution in [3.63, 3.8) is 0 Å². The second-order valence-corrected chi connectivity index (χ2v) is 7.39. The summed E-state index contributed by atoms with van der Waals surface area (Å²) < 4.78 is 5.06. The number of hydrogen-bond acceptors (Lipinski definition) is 5. The minimum Gasteiger partial charge on any atom is -0.354 e. The monoisotopic (exact) mass is 384 g/mol. The molecule has 1 N–H and O–H groups in total. The Labute approximate surface area is 165 Å². The zero-order chi connectivity index (χ0) is 20.1. The zero-order valence-corrected chi connectivity index (χ0v) is 16.7. The van der Waals surface area contributed by atoms with Crippen LogP contribution in [0, 0.1) is 6.92 Å². The molecule has 1 aromatic heterocycles. The van der Waals surface area contributed by atoms with Gasteiger partial charge in [-0.05, 0) is 25.3 Å². The van der Waals surface area contributed by atoms with Crippen molar-refractivity contribution >= 4 is 11.8 Å². The van der Waals surface area contributed by atoms with E-state index >= 15 is 0 Å². The Kier molecular flexibility index (Phi) is 6.46. The molecule has 1 saturated heterocycles. The first-order chi connectivity index (χ1) is 13.5. The third-order valence-electron chi connectivity index (χ3n) is 5.32. The van der Waals surface area contributed by atoms with Gasteiger partial charge in [-0.2, -0.15) is 0 Å². The first-order valence-corrected chi connectivity index (χ1v) is 9.75. The average molecular weight is 384 g/mol. The quantitative estimate of drug-likeness (QED) is 0.825. The van der Waals surface area contributed by atoms with Crippen LogP contribution in [0.2, 0.25) is 0 Å². The number of carbonyl (C=O) groups excluding carboxylic acids is 2. The van der Waals surface area contributed by atoms with Crippen LogP contribution in [0.25, 0.3) is 0 Å². The number of aromatic nitrogens is 1. The second kappa shape index (κ2) is 9.01. The molecule has 1 aromatic carbocycles. The van der Waals surface area contributed by atoms with Crippen molar-refractivity contribution in [3.8, 4) is 0 Å². The van der Waals surface area contributed by atoms with Crippen molar-refractivity contribution in [2.24, 2.45) is 0 Å². The lowest BCUT2D eigenvalue weighted by molar-refractivity contribution is -0.126.